The van der Waals surface area contributed by atoms with Gasteiger partial charge in [0.15, 0.2) is 11.7 Å². The van der Waals surface area contributed by atoms with E-state index in [4.69, 9.17) is 0 Å². The van der Waals surface area contributed by atoms with Crippen LogP contribution in [0.25, 0.3) is 0 Å². The molecule has 142 valence electrons. The number of aromatic nitrogens is 1. The van der Waals surface area contributed by atoms with Gasteiger partial charge in [-0.05, 0) is 38.8 Å². The molecule has 0 spiro atoms. The molecular formula is C16H26F3N5S. The number of halogens is 3. The van der Waals surface area contributed by atoms with Gasteiger partial charge in [0, 0.05) is 25.0 Å². The van der Waals surface area contributed by atoms with Crippen LogP contribution < -0.4 is 10.6 Å². The summed E-state index contributed by atoms with van der Waals surface area (Å²) in [6, 6.07) is 0. The molecule has 0 aromatic carbocycles. The molecule has 9 heteroatoms. The molecule has 2 rings (SSSR count). The minimum atomic E-state index is -4.40. The topological polar surface area (TPSA) is 52.6 Å². The van der Waals surface area contributed by atoms with Crippen LogP contribution in [0.2, 0.25) is 0 Å². The van der Waals surface area contributed by atoms with Gasteiger partial charge in [-0.1, -0.05) is 6.92 Å². The van der Waals surface area contributed by atoms with Crippen molar-refractivity contribution in [2.75, 3.05) is 32.7 Å². The quantitative estimate of drug-likeness (QED) is 0.567. The Balaban J connectivity index is 1.83. The first kappa shape index (κ1) is 20.0. The zero-order chi connectivity index (χ0) is 18.3. The summed E-state index contributed by atoms with van der Waals surface area (Å²) in [5.41, 5.74) is -0.847. The molecule has 2 heterocycles. The third-order valence-electron chi connectivity index (χ3n) is 3.95. The highest BCUT2D eigenvalue weighted by Crippen LogP contribution is 2.30. The average Bonchev–Trinajstić information content (AvgIpc) is 3.21. The summed E-state index contributed by atoms with van der Waals surface area (Å²) in [7, 11) is 0. The summed E-state index contributed by atoms with van der Waals surface area (Å²) < 4.78 is 37.7. The molecule has 0 bridgehead atoms. The number of thiazole rings is 1. The van der Waals surface area contributed by atoms with Gasteiger partial charge in [-0.15, -0.1) is 11.3 Å². The van der Waals surface area contributed by atoms with Crippen LogP contribution in [0.3, 0.4) is 0 Å². The largest absolute Gasteiger partial charge is 0.434 e. The Morgan fingerprint density at radius 3 is 2.68 bits per heavy atom. The Labute approximate surface area is 150 Å². The van der Waals surface area contributed by atoms with E-state index in [0.717, 1.165) is 29.8 Å². The van der Waals surface area contributed by atoms with Gasteiger partial charge in [-0.2, -0.15) is 13.2 Å². The molecule has 0 radical (unpaired) electrons. The van der Waals surface area contributed by atoms with E-state index in [-0.39, 0.29) is 6.54 Å². The lowest BCUT2D eigenvalue weighted by atomic mass is 10.1. The molecule has 2 N–H and O–H groups in total. The number of hydrogen-bond donors (Lipinski definition) is 2. The monoisotopic (exact) mass is 377 g/mol. The van der Waals surface area contributed by atoms with Crippen LogP contribution in [0.5, 0.6) is 0 Å². The molecule has 1 fully saturated rings. The van der Waals surface area contributed by atoms with Crippen LogP contribution in [0.1, 0.15) is 37.4 Å². The SMILES string of the molecule is CCNC(=NCc1nc(C(F)(F)F)cs1)NCC(C)CN1CCCC1. The number of alkyl halides is 3. The molecule has 0 amide bonds. The lowest BCUT2D eigenvalue weighted by Crippen LogP contribution is -2.41. The third-order valence-corrected chi connectivity index (χ3v) is 4.78. The molecule has 1 aromatic heterocycles. The van der Waals surface area contributed by atoms with E-state index in [1.54, 1.807) is 0 Å². The molecule has 25 heavy (non-hydrogen) atoms. The first-order valence-electron chi connectivity index (χ1n) is 8.64. The number of rotatable bonds is 7. The Morgan fingerprint density at radius 1 is 1.36 bits per heavy atom. The fourth-order valence-electron chi connectivity index (χ4n) is 2.74. The smallest absolute Gasteiger partial charge is 0.357 e. The lowest BCUT2D eigenvalue weighted by Gasteiger charge is -2.21. The van der Waals surface area contributed by atoms with E-state index in [1.165, 1.54) is 25.9 Å². The number of nitrogens with zero attached hydrogens (tertiary/aromatic N) is 3. The molecule has 0 saturated carbocycles. The van der Waals surface area contributed by atoms with Crippen LogP contribution in [-0.4, -0.2) is 48.6 Å². The summed E-state index contributed by atoms with van der Waals surface area (Å²) >= 11 is 0.982. The molecular weight excluding hydrogens is 351 g/mol. The molecule has 1 aromatic rings. The highest BCUT2D eigenvalue weighted by atomic mass is 32.1. The van der Waals surface area contributed by atoms with Crippen LogP contribution in [0, 0.1) is 5.92 Å². The van der Waals surface area contributed by atoms with Gasteiger partial charge >= 0.3 is 6.18 Å². The molecule has 1 aliphatic heterocycles. The Bertz CT molecular complexity index is 552. The summed E-state index contributed by atoms with van der Waals surface area (Å²) in [5.74, 6) is 1.08. The maximum absolute atomic E-state index is 12.6. The van der Waals surface area contributed by atoms with Gasteiger partial charge in [-0.25, -0.2) is 9.98 Å². The van der Waals surface area contributed by atoms with Crippen molar-refractivity contribution in [3.8, 4) is 0 Å². The summed E-state index contributed by atoms with van der Waals surface area (Å²) in [6.45, 7) is 9.13. The third kappa shape index (κ3) is 6.81. The van der Waals surface area contributed by atoms with Gasteiger partial charge < -0.3 is 15.5 Å². The van der Waals surface area contributed by atoms with E-state index in [0.29, 0.717) is 23.4 Å². The standard InChI is InChI=1S/C16H26F3N5S/c1-3-20-15(21-8-12(2)10-24-6-4-5-7-24)22-9-14-23-13(11-25-14)16(17,18)19/h11-12H,3-10H2,1-2H3,(H2,20,21,22). The highest BCUT2D eigenvalue weighted by molar-refractivity contribution is 7.09. The number of hydrogen-bond acceptors (Lipinski definition) is 4. The van der Waals surface area contributed by atoms with E-state index in [9.17, 15) is 13.2 Å². The molecule has 1 aliphatic rings. The van der Waals surface area contributed by atoms with Gasteiger partial charge in [0.2, 0.25) is 0 Å². The first-order chi connectivity index (χ1) is 11.9. The fraction of sp³-hybridized carbons (Fsp3) is 0.750. The van der Waals surface area contributed by atoms with Gasteiger partial charge in [-0.3, -0.25) is 0 Å². The maximum Gasteiger partial charge on any atom is 0.434 e. The predicted molar refractivity (Wildman–Crippen MR) is 94.8 cm³/mol. The van der Waals surface area contributed by atoms with Crippen molar-refractivity contribution < 1.29 is 13.2 Å². The van der Waals surface area contributed by atoms with Crippen LogP contribution in [0.15, 0.2) is 10.4 Å². The Hall–Kier alpha value is -1.35. The maximum atomic E-state index is 12.6. The van der Waals surface area contributed by atoms with Crippen molar-refractivity contribution >= 4 is 17.3 Å². The second-order valence-electron chi connectivity index (χ2n) is 6.31. The van der Waals surface area contributed by atoms with Crippen molar-refractivity contribution in [2.24, 2.45) is 10.9 Å². The lowest BCUT2D eigenvalue weighted by molar-refractivity contribution is -0.140. The minimum absolute atomic E-state index is 0.136. The molecule has 0 aliphatic carbocycles. The number of guanidine groups is 1. The molecule has 1 atom stereocenters. The van der Waals surface area contributed by atoms with E-state index in [1.807, 2.05) is 6.92 Å². The van der Waals surface area contributed by atoms with Gasteiger partial charge in [0.25, 0.3) is 0 Å². The first-order valence-corrected chi connectivity index (χ1v) is 9.52. The van der Waals surface area contributed by atoms with E-state index >= 15 is 0 Å². The van der Waals surface area contributed by atoms with Crippen molar-refractivity contribution in [1.29, 1.82) is 0 Å². The van der Waals surface area contributed by atoms with E-state index in [2.05, 4.69) is 32.4 Å². The molecule has 5 nitrogen and oxygen atoms in total. The van der Waals surface area contributed by atoms with Crippen molar-refractivity contribution in [3.63, 3.8) is 0 Å². The predicted octanol–water partition coefficient (Wildman–Crippen LogP) is 2.95. The second kappa shape index (κ2) is 9.38. The zero-order valence-corrected chi connectivity index (χ0v) is 15.5. The van der Waals surface area contributed by atoms with Crippen LogP contribution >= 0.6 is 11.3 Å². The molecule has 1 unspecified atom stereocenters. The highest BCUT2D eigenvalue weighted by Gasteiger charge is 2.33. The average molecular weight is 377 g/mol. The number of nitrogens with one attached hydrogen (secondary N) is 2. The summed E-state index contributed by atoms with van der Waals surface area (Å²) in [6.07, 6.45) is -1.85. The Kier molecular flexibility index (Phi) is 7.49. The van der Waals surface area contributed by atoms with Crippen LogP contribution in [0.4, 0.5) is 13.2 Å². The van der Waals surface area contributed by atoms with Gasteiger partial charge in [0.1, 0.15) is 5.01 Å². The van der Waals surface area contributed by atoms with Gasteiger partial charge in [0.05, 0.1) is 6.54 Å². The van der Waals surface area contributed by atoms with E-state index < -0.39 is 11.9 Å². The van der Waals surface area contributed by atoms with Crippen molar-refractivity contribution in [1.82, 2.24) is 20.5 Å². The summed E-state index contributed by atoms with van der Waals surface area (Å²) in [5, 5.41) is 7.77. The number of likely N-dealkylation sites (tertiary alicyclic amines) is 1. The van der Waals surface area contributed by atoms with Crippen LogP contribution in [-0.2, 0) is 12.7 Å². The van der Waals surface area contributed by atoms with Crippen molar-refractivity contribution in [3.05, 3.63) is 16.1 Å². The normalized spacial score (nSPS) is 17.7. The minimum Gasteiger partial charge on any atom is -0.357 e. The number of aliphatic imine (C=N–C) groups is 1. The zero-order valence-electron chi connectivity index (χ0n) is 14.7. The van der Waals surface area contributed by atoms with Crippen molar-refractivity contribution in [2.45, 2.75) is 39.4 Å². The summed E-state index contributed by atoms with van der Waals surface area (Å²) in [4.78, 5) is 10.4. The molecule has 1 saturated heterocycles. The Morgan fingerprint density at radius 2 is 2.08 bits per heavy atom. The second-order valence-corrected chi connectivity index (χ2v) is 7.26. The fourth-order valence-corrected chi connectivity index (χ4v) is 3.47.